The molecule has 0 bridgehead atoms. The number of hydrogen-bond acceptors (Lipinski definition) is 3. The second-order valence-corrected chi connectivity index (χ2v) is 3.12. The Bertz CT molecular complexity index is 131. The van der Waals surface area contributed by atoms with E-state index in [9.17, 15) is 0 Å². The van der Waals surface area contributed by atoms with Gasteiger partial charge in [0.25, 0.3) is 0 Å². The maximum atomic E-state index is 8.75. The highest BCUT2D eigenvalue weighted by atomic mass is 16.6. The van der Waals surface area contributed by atoms with E-state index in [4.69, 9.17) is 14.6 Å². The Balaban J connectivity index is 1.91. The van der Waals surface area contributed by atoms with Crippen molar-refractivity contribution in [3.63, 3.8) is 0 Å². The molecule has 1 atom stereocenters. The first-order chi connectivity index (χ1) is 4.85. The highest BCUT2D eigenvalue weighted by molar-refractivity contribution is 4.98. The summed E-state index contributed by atoms with van der Waals surface area (Å²) in [5.74, 6) is 0. The van der Waals surface area contributed by atoms with Crippen LogP contribution >= 0.6 is 0 Å². The van der Waals surface area contributed by atoms with Crippen LogP contribution in [-0.2, 0) is 9.47 Å². The van der Waals surface area contributed by atoms with E-state index in [0.29, 0.717) is 6.61 Å². The number of aliphatic hydroxyl groups is 1. The summed E-state index contributed by atoms with van der Waals surface area (Å²) in [6.45, 7) is 1.36. The molecular formula is C7H12O3. The lowest BCUT2D eigenvalue weighted by atomic mass is 10.3. The van der Waals surface area contributed by atoms with Crippen molar-refractivity contribution in [3.8, 4) is 0 Å². The summed E-state index contributed by atoms with van der Waals surface area (Å²) in [6, 6.07) is 0. The third-order valence-corrected chi connectivity index (χ3v) is 2.10. The fourth-order valence-corrected chi connectivity index (χ4v) is 1.29. The van der Waals surface area contributed by atoms with Crippen LogP contribution in [0, 0.1) is 0 Å². The molecule has 3 nitrogen and oxygen atoms in total. The van der Waals surface area contributed by atoms with Crippen LogP contribution in [0.1, 0.15) is 12.8 Å². The molecule has 1 N–H and O–H groups in total. The molecule has 1 saturated carbocycles. The van der Waals surface area contributed by atoms with E-state index in [1.807, 2.05) is 0 Å². The van der Waals surface area contributed by atoms with Gasteiger partial charge < -0.3 is 14.6 Å². The Morgan fingerprint density at radius 3 is 2.90 bits per heavy atom. The number of rotatable bonds is 1. The van der Waals surface area contributed by atoms with E-state index in [-0.39, 0.29) is 18.3 Å². The van der Waals surface area contributed by atoms with Crippen LogP contribution in [0.5, 0.6) is 0 Å². The molecule has 1 heterocycles. The first-order valence-corrected chi connectivity index (χ1v) is 3.71. The van der Waals surface area contributed by atoms with Crippen molar-refractivity contribution in [2.24, 2.45) is 0 Å². The molecule has 10 heavy (non-hydrogen) atoms. The SMILES string of the molecule is OCC1COCC2(CC2)O1. The largest absolute Gasteiger partial charge is 0.394 e. The minimum Gasteiger partial charge on any atom is -0.394 e. The highest BCUT2D eigenvalue weighted by Gasteiger charge is 2.48. The predicted octanol–water partition coefficient (Wildman–Crippen LogP) is -0.0733. The average Bonchev–Trinajstić information content (AvgIpc) is 2.70. The Hall–Kier alpha value is -0.120. The summed E-state index contributed by atoms with van der Waals surface area (Å²) in [5, 5.41) is 8.75. The Morgan fingerprint density at radius 1 is 1.50 bits per heavy atom. The molecule has 1 aliphatic carbocycles. The lowest BCUT2D eigenvalue weighted by Gasteiger charge is -2.28. The van der Waals surface area contributed by atoms with Gasteiger partial charge in [0.1, 0.15) is 6.10 Å². The molecule has 0 radical (unpaired) electrons. The second-order valence-electron chi connectivity index (χ2n) is 3.12. The quantitative estimate of drug-likeness (QED) is 0.559. The lowest BCUT2D eigenvalue weighted by Crippen LogP contribution is -2.39. The second kappa shape index (κ2) is 2.19. The van der Waals surface area contributed by atoms with Gasteiger partial charge in [0.15, 0.2) is 0 Å². The monoisotopic (exact) mass is 144 g/mol. The zero-order valence-corrected chi connectivity index (χ0v) is 5.88. The van der Waals surface area contributed by atoms with Crippen molar-refractivity contribution in [3.05, 3.63) is 0 Å². The van der Waals surface area contributed by atoms with Crippen LogP contribution in [0.3, 0.4) is 0 Å². The van der Waals surface area contributed by atoms with Crippen molar-refractivity contribution in [1.29, 1.82) is 0 Å². The van der Waals surface area contributed by atoms with Crippen LogP contribution in [0.15, 0.2) is 0 Å². The van der Waals surface area contributed by atoms with E-state index in [2.05, 4.69) is 0 Å². The van der Waals surface area contributed by atoms with Gasteiger partial charge in [-0.1, -0.05) is 0 Å². The van der Waals surface area contributed by atoms with Gasteiger partial charge in [-0.25, -0.2) is 0 Å². The maximum Gasteiger partial charge on any atom is 0.105 e. The number of aliphatic hydroxyl groups excluding tert-OH is 1. The molecule has 0 aromatic carbocycles. The normalized spacial score (nSPS) is 36.3. The third kappa shape index (κ3) is 1.05. The minimum absolute atomic E-state index is 0.0195. The Labute approximate surface area is 59.9 Å². The zero-order valence-electron chi connectivity index (χ0n) is 5.88. The average molecular weight is 144 g/mol. The molecule has 1 spiro atoms. The molecular weight excluding hydrogens is 132 g/mol. The van der Waals surface area contributed by atoms with Gasteiger partial charge in [0, 0.05) is 0 Å². The number of hydrogen-bond donors (Lipinski definition) is 1. The summed E-state index contributed by atoms with van der Waals surface area (Å²) in [7, 11) is 0. The standard InChI is InChI=1S/C7H12O3/c8-3-6-4-9-5-7(10-6)1-2-7/h6,8H,1-5H2. The Morgan fingerprint density at radius 2 is 2.30 bits per heavy atom. The van der Waals surface area contributed by atoms with Crippen molar-refractivity contribution in [2.75, 3.05) is 19.8 Å². The molecule has 0 amide bonds. The smallest absolute Gasteiger partial charge is 0.105 e. The van der Waals surface area contributed by atoms with Crippen LogP contribution in [0.4, 0.5) is 0 Å². The molecule has 0 aromatic rings. The van der Waals surface area contributed by atoms with Crippen LogP contribution < -0.4 is 0 Å². The minimum atomic E-state index is -0.0729. The van der Waals surface area contributed by atoms with Gasteiger partial charge in [0.2, 0.25) is 0 Å². The Kier molecular flexibility index (Phi) is 1.44. The molecule has 2 fully saturated rings. The lowest BCUT2D eigenvalue weighted by molar-refractivity contribution is -0.163. The van der Waals surface area contributed by atoms with Gasteiger partial charge in [-0.3, -0.25) is 0 Å². The van der Waals surface area contributed by atoms with Gasteiger partial charge in [-0.2, -0.15) is 0 Å². The highest BCUT2D eigenvalue weighted by Crippen LogP contribution is 2.42. The summed E-state index contributed by atoms with van der Waals surface area (Å²) in [4.78, 5) is 0. The maximum absolute atomic E-state index is 8.75. The molecule has 0 aromatic heterocycles. The molecule has 1 saturated heterocycles. The summed E-state index contributed by atoms with van der Waals surface area (Å²) < 4.78 is 10.8. The van der Waals surface area contributed by atoms with E-state index < -0.39 is 0 Å². The first-order valence-electron chi connectivity index (χ1n) is 3.71. The third-order valence-electron chi connectivity index (χ3n) is 2.10. The zero-order chi connectivity index (χ0) is 7.03. The predicted molar refractivity (Wildman–Crippen MR) is 34.7 cm³/mol. The van der Waals surface area contributed by atoms with Crippen molar-refractivity contribution < 1.29 is 14.6 Å². The topological polar surface area (TPSA) is 38.7 Å². The van der Waals surface area contributed by atoms with E-state index in [0.717, 1.165) is 19.4 Å². The van der Waals surface area contributed by atoms with E-state index >= 15 is 0 Å². The van der Waals surface area contributed by atoms with Gasteiger partial charge in [0.05, 0.1) is 25.4 Å². The molecule has 2 rings (SSSR count). The van der Waals surface area contributed by atoms with Crippen molar-refractivity contribution in [2.45, 2.75) is 24.5 Å². The van der Waals surface area contributed by atoms with Crippen LogP contribution in [0.25, 0.3) is 0 Å². The van der Waals surface area contributed by atoms with Crippen molar-refractivity contribution >= 4 is 0 Å². The van der Waals surface area contributed by atoms with E-state index in [1.54, 1.807) is 0 Å². The fraction of sp³-hybridized carbons (Fsp3) is 1.00. The van der Waals surface area contributed by atoms with Gasteiger partial charge >= 0.3 is 0 Å². The van der Waals surface area contributed by atoms with Gasteiger partial charge in [-0.05, 0) is 12.8 Å². The van der Waals surface area contributed by atoms with E-state index in [1.165, 1.54) is 0 Å². The fourth-order valence-electron chi connectivity index (χ4n) is 1.29. The summed E-state index contributed by atoms with van der Waals surface area (Å²) >= 11 is 0. The van der Waals surface area contributed by atoms with Crippen LogP contribution in [-0.4, -0.2) is 36.6 Å². The van der Waals surface area contributed by atoms with Crippen molar-refractivity contribution in [1.82, 2.24) is 0 Å². The molecule has 1 aliphatic heterocycles. The summed E-state index contributed by atoms with van der Waals surface area (Å²) in [5.41, 5.74) is 0.0195. The number of ether oxygens (including phenoxy) is 2. The molecule has 3 heteroatoms. The van der Waals surface area contributed by atoms with Crippen LogP contribution in [0.2, 0.25) is 0 Å². The summed E-state index contributed by atoms with van der Waals surface area (Å²) in [6.07, 6.45) is 2.13. The molecule has 58 valence electrons. The molecule has 2 aliphatic rings. The first kappa shape index (κ1) is 6.58. The van der Waals surface area contributed by atoms with Gasteiger partial charge in [-0.15, -0.1) is 0 Å². The molecule has 1 unspecified atom stereocenters.